The van der Waals surface area contributed by atoms with Crippen molar-refractivity contribution in [2.45, 2.75) is 0 Å². The van der Waals surface area contributed by atoms with E-state index in [0.717, 1.165) is 0 Å². The summed E-state index contributed by atoms with van der Waals surface area (Å²) in [5.74, 6) is 0. The van der Waals surface area contributed by atoms with Gasteiger partial charge in [-0.15, -0.1) is 0 Å². The van der Waals surface area contributed by atoms with Gasteiger partial charge < -0.3 is 7.77 Å². The van der Waals surface area contributed by atoms with Gasteiger partial charge in [0.1, 0.15) is 0 Å². The Hall–Kier alpha value is 1.05. The molecule has 0 bridgehead atoms. The zero-order valence-electron chi connectivity index (χ0n) is 6.31. The molecule has 1 saturated heterocycles. The van der Waals surface area contributed by atoms with Gasteiger partial charge in [0.05, 0.1) is 0 Å². The van der Waals surface area contributed by atoms with Crippen LogP contribution in [0.15, 0.2) is 0 Å². The van der Waals surface area contributed by atoms with Crippen molar-refractivity contribution in [3.05, 3.63) is 0 Å². The molecule has 0 amide bonds. The van der Waals surface area contributed by atoms with Crippen molar-refractivity contribution in [1.82, 2.24) is 7.77 Å². The first kappa shape index (κ1) is 9.05. The van der Waals surface area contributed by atoms with Gasteiger partial charge in [-0.3, -0.25) is 0 Å². The number of rotatable bonds is 0. The van der Waals surface area contributed by atoms with Crippen molar-refractivity contribution in [2.75, 3.05) is 27.2 Å². The first-order valence-corrected chi connectivity index (χ1v) is 4.71. The fourth-order valence-corrected chi connectivity index (χ4v) is 3.15. The third-order valence-electron chi connectivity index (χ3n) is 1.68. The minimum atomic E-state index is -0.373. The average molecular weight is 122 g/mol. The molecule has 0 aromatic heterocycles. The maximum absolute atomic E-state index is 2.50. The second-order valence-electron chi connectivity index (χ2n) is 2.81. The van der Waals surface area contributed by atoms with Crippen molar-refractivity contribution in [1.29, 1.82) is 0 Å². The summed E-state index contributed by atoms with van der Waals surface area (Å²) in [5.41, 5.74) is 0. The predicted molar refractivity (Wildman–Crippen MR) is 33.8 cm³/mol. The van der Waals surface area contributed by atoms with Gasteiger partial charge in [-0.05, 0) is 13.1 Å². The maximum atomic E-state index is 2.50. The molecule has 0 N–H and O–H groups in total. The first-order valence-electron chi connectivity index (χ1n) is 2.92. The van der Waals surface area contributed by atoms with Crippen molar-refractivity contribution in [2.24, 2.45) is 0 Å². The molecule has 4 heteroatoms. The Labute approximate surface area is 69.5 Å². The van der Waals surface area contributed by atoms with Crippen LogP contribution < -0.4 is 18.9 Å². The molecule has 0 spiro atoms. The monoisotopic (exact) mass is 122 g/mol. The third-order valence-corrected chi connectivity index (χ3v) is 3.94. The Morgan fingerprint density at radius 3 is 1.62 bits per heavy atom. The molecule has 2 nitrogen and oxygen atoms in total. The molecule has 0 saturated carbocycles. The van der Waals surface area contributed by atoms with E-state index < -0.39 is 0 Å². The fraction of sp³-hybridized carbons (Fsp3) is 1.00. The number of hydrogen-bond donors (Lipinski definition) is 0. The van der Waals surface area contributed by atoms with Crippen LogP contribution in [0.5, 0.6) is 0 Å². The minimum Gasteiger partial charge on any atom is -0.508 e. The standard InChI is InChI=1S/C4H10N2.Al.Li.2H/c1-5-3-4-6-2;;;;/h3-4H2,1-2H3;;;;/q-2;2*+1;;. The van der Waals surface area contributed by atoms with Crippen LogP contribution in [0.25, 0.3) is 0 Å². The first-order chi connectivity index (χ1) is 3.29. The Morgan fingerprint density at radius 2 is 1.50 bits per heavy atom. The summed E-state index contributed by atoms with van der Waals surface area (Å²) in [6.45, 7) is 2.64. The quantitative estimate of drug-likeness (QED) is 0.301. The summed E-state index contributed by atoms with van der Waals surface area (Å²) in [6, 6.07) is 0. The van der Waals surface area contributed by atoms with E-state index in [0.29, 0.717) is 0 Å². The zero-order chi connectivity index (χ0) is 5.28. The second kappa shape index (κ2) is 3.96. The van der Waals surface area contributed by atoms with Crippen LogP contribution in [0.2, 0.25) is 0 Å². The molecule has 1 rings (SSSR count). The van der Waals surface area contributed by atoms with E-state index in [4.69, 9.17) is 0 Å². The molecule has 0 atom stereocenters. The molecule has 1 aliphatic heterocycles. The molecule has 8 heavy (non-hydrogen) atoms. The van der Waals surface area contributed by atoms with Crippen molar-refractivity contribution in [3.63, 3.8) is 0 Å². The van der Waals surface area contributed by atoms with Gasteiger partial charge in [-0.1, -0.05) is 14.1 Å². The largest absolute Gasteiger partial charge is 1.00 e. The van der Waals surface area contributed by atoms with E-state index in [-0.39, 0.29) is 34.5 Å². The van der Waals surface area contributed by atoms with Gasteiger partial charge in [-0.25, -0.2) is 0 Å². The van der Waals surface area contributed by atoms with Gasteiger partial charge in [0.2, 0.25) is 0 Å². The van der Waals surface area contributed by atoms with E-state index >= 15 is 0 Å². The van der Waals surface area contributed by atoms with Gasteiger partial charge >= 0.3 is 18.9 Å². The van der Waals surface area contributed by atoms with E-state index in [1.165, 1.54) is 13.1 Å². The van der Waals surface area contributed by atoms with Gasteiger partial charge in [0, 0.05) is 0 Å². The summed E-state index contributed by atoms with van der Waals surface area (Å²) >= 11 is -0.373. The molecule has 0 aromatic rings. The van der Waals surface area contributed by atoms with Crippen molar-refractivity contribution in [3.8, 4) is 0 Å². The molecule has 0 aromatic carbocycles. The number of likely N-dealkylation sites (N-methyl/N-ethyl adjacent to an activating group) is 2. The molecule has 0 radical (unpaired) electrons. The van der Waals surface area contributed by atoms with Crippen LogP contribution in [0.1, 0.15) is 0 Å². The maximum Gasteiger partial charge on any atom is 1.00 e. The summed E-state index contributed by atoms with van der Waals surface area (Å²) in [7, 11) is 4.46. The van der Waals surface area contributed by atoms with Crippen LogP contribution >= 0.6 is 0 Å². The Kier molecular flexibility index (Phi) is 4.48. The van der Waals surface area contributed by atoms with Crippen LogP contribution in [-0.4, -0.2) is 50.6 Å². The molecule has 1 heterocycles. The third kappa shape index (κ3) is 2.55. The molecular weight excluding hydrogens is 110 g/mol. The molecule has 0 aliphatic carbocycles. The summed E-state index contributed by atoms with van der Waals surface area (Å²) < 4.78 is 5.00. The topological polar surface area (TPSA) is 6.48 Å². The average Bonchev–Trinajstić information content (AvgIpc) is 1.87. The van der Waals surface area contributed by atoms with E-state index in [1.54, 1.807) is 0 Å². The Bertz CT molecular complexity index is 63.1. The molecule has 0 unspecified atom stereocenters. The molecule has 1 aliphatic rings. The van der Waals surface area contributed by atoms with Crippen molar-refractivity contribution < 1.29 is 18.9 Å². The van der Waals surface area contributed by atoms with Gasteiger partial charge in [0.15, 0.2) is 0 Å². The van der Waals surface area contributed by atoms with Crippen LogP contribution in [-0.2, 0) is 0 Å². The predicted octanol–water partition coefficient (Wildman–Crippen LogP) is -4.13. The SMILES string of the molecule is C[N]1CC[N](C)[AlH2-]1.[Li+]. The Morgan fingerprint density at radius 1 is 1.12 bits per heavy atom. The molecular formula is C4H12AlLiN2. The van der Waals surface area contributed by atoms with E-state index in [2.05, 4.69) is 21.9 Å². The second-order valence-corrected chi connectivity index (χ2v) is 6.26. The summed E-state index contributed by atoms with van der Waals surface area (Å²) in [6.07, 6.45) is 0. The fourth-order valence-electron chi connectivity index (χ4n) is 1.18. The number of hydrogen-bond acceptors (Lipinski definition) is 2. The zero-order valence-corrected chi connectivity index (χ0v) is 8.31. The van der Waals surface area contributed by atoms with Gasteiger partial charge in [-0.2, -0.15) is 0 Å². The van der Waals surface area contributed by atoms with E-state index in [1.807, 2.05) is 0 Å². The van der Waals surface area contributed by atoms with Crippen LogP contribution in [0, 0.1) is 0 Å². The molecule has 42 valence electrons. The summed E-state index contributed by atoms with van der Waals surface area (Å²) in [4.78, 5) is 0. The van der Waals surface area contributed by atoms with Crippen molar-refractivity contribution >= 4 is 15.7 Å². The normalized spacial score (nSPS) is 23.2. The molecule has 1 fully saturated rings. The van der Waals surface area contributed by atoms with Crippen LogP contribution in [0.4, 0.5) is 0 Å². The van der Waals surface area contributed by atoms with Gasteiger partial charge in [0.25, 0.3) is 15.7 Å². The summed E-state index contributed by atoms with van der Waals surface area (Å²) in [5, 5.41) is 0. The van der Waals surface area contributed by atoms with E-state index in [9.17, 15) is 0 Å². The minimum absolute atomic E-state index is 0. The number of nitrogens with zero attached hydrogens (tertiary/aromatic N) is 2. The smallest absolute Gasteiger partial charge is 0.508 e. The van der Waals surface area contributed by atoms with Crippen LogP contribution in [0.3, 0.4) is 0 Å². The Balaban J connectivity index is 0.000000490.